The van der Waals surface area contributed by atoms with Crippen molar-refractivity contribution >= 4 is 50.8 Å². The second-order valence-corrected chi connectivity index (χ2v) is 6.16. The molecule has 0 amide bonds. The third-order valence-corrected chi connectivity index (χ3v) is 4.26. The lowest BCUT2D eigenvalue weighted by Gasteiger charge is -2.09. The third-order valence-electron chi connectivity index (χ3n) is 3.14. The van der Waals surface area contributed by atoms with Crippen molar-refractivity contribution in [2.24, 2.45) is 0 Å². The second kappa shape index (κ2) is 4.98. The molecule has 0 unspecified atom stereocenters. The Morgan fingerprint density at radius 2 is 2.05 bits per heavy atom. The molecule has 0 radical (unpaired) electrons. The van der Waals surface area contributed by atoms with Gasteiger partial charge in [-0.25, -0.2) is 4.39 Å². The minimum atomic E-state index is -0.333. The van der Waals surface area contributed by atoms with Crippen LogP contribution in [0.15, 0.2) is 34.8 Å². The van der Waals surface area contributed by atoms with E-state index >= 15 is 0 Å². The highest BCUT2D eigenvalue weighted by atomic mass is 79.9. The quantitative estimate of drug-likeness (QED) is 0.556. The Morgan fingerprint density at radius 3 is 2.80 bits per heavy atom. The normalized spacial score (nSPS) is 11.2. The van der Waals surface area contributed by atoms with E-state index in [1.807, 2.05) is 25.1 Å². The molecule has 2 aromatic carbocycles. The lowest BCUT2D eigenvalue weighted by atomic mass is 10.2. The van der Waals surface area contributed by atoms with Crippen LogP contribution in [0.2, 0.25) is 5.02 Å². The van der Waals surface area contributed by atoms with Crippen molar-refractivity contribution in [2.75, 3.05) is 0 Å². The summed E-state index contributed by atoms with van der Waals surface area (Å²) in [4.78, 5) is 3.08. The van der Waals surface area contributed by atoms with Gasteiger partial charge >= 0.3 is 0 Å². The van der Waals surface area contributed by atoms with E-state index in [4.69, 9.17) is 23.8 Å². The van der Waals surface area contributed by atoms with Gasteiger partial charge in [0.25, 0.3) is 0 Å². The number of imidazole rings is 1. The first-order chi connectivity index (χ1) is 9.47. The summed E-state index contributed by atoms with van der Waals surface area (Å²) in [6, 6.07) is 8.67. The number of halogens is 3. The SMILES string of the molecule is Cc1ccc(Cl)cc1-n1c(=S)[nH]c2cc(Br)c(F)cc21. The molecule has 0 aliphatic carbocycles. The van der Waals surface area contributed by atoms with Crippen molar-refractivity contribution in [3.63, 3.8) is 0 Å². The summed E-state index contributed by atoms with van der Waals surface area (Å²) in [5.74, 6) is -0.333. The summed E-state index contributed by atoms with van der Waals surface area (Å²) in [5.41, 5.74) is 3.30. The maximum atomic E-state index is 13.8. The van der Waals surface area contributed by atoms with Crippen molar-refractivity contribution in [1.29, 1.82) is 0 Å². The van der Waals surface area contributed by atoms with Gasteiger partial charge in [-0.3, -0.25) is 4.57 Å². The number of aromatic nitrogens is 2. The largest absolute Gasteiger partial charge is 0.330 e. The van der Waals surface area contributed by atoms with Gasteiger partial charge in [0, 0.05) is 11.1 Å². The zero-order valence-corrected chi connectivity index (χ0v) is 13.5. The number of nitrogens with zero attached hydrogens (tertiary/aromatic N) is 1. The fraction of sp³-hybridized carbons (Fsp3) is 0.0714. The van der Waals surface area contributed by atoms with Crippen molar-refractivity contribution < 1.29 is 4.39 Å². The molecule has 3 rings (SSSR count). The van der Waals surface area contributed by atoms with Gasteiger partial charge in [0.15, 0.2) is 4.77 Å². The van der Waals surface area contributed by atoms with Gasteiger partial charge in [-0.05, 0) is 58.8 Å². The van der Waals surface area contributed by atoms with E-state index < -0.39 is 0 Å². The number of hydrogen-bond donors (Lipinski definition) is 1. The minimum absolute atomic E-state index is 0.333. The molecule has 6 heteroatoms. The van der Waals surface area contributed by atoms with Gasteiger partial charge in [0.05, 0.1) is 21.2 Å². The molecular weight excluding hydrogens is 363 g/mol. The summed E-state index contributed by atoms with van der Waals surface area (Å²) in [5, 5.41) is 0.611. The monoisotopic (exact) mass is 370 g/mol. The molecule has 0 saturated heterocycles. The molecule has 20 heavy (non-hydrogen) atoms. The first-order valence-corrected chi connectivity index (χ1v) is 7.41. The maximum absolute atomic E-state index is 13.8. The van der Waals surface area contributed by atoms with E-state index in [2.05, 4.69) is 20.9 Å². The van der Waals surface area contributed by atoms with Crippen LogP contribution in [-0.4, -0.2) is 9.55 Å². The van der Waals surface area contributed by atoms with E-state index in [1.54, 1.807) is 10.6 Å². The highest BCUT2D eigenvalue weighted by Crippen LogP contribution is 2.28. The average molecular weight is 372 g/mol. The molecule has 3 aromatic rings. The highest BCUT2D eigenvalue weighted by molar-refractivity contribution is 9.10. The summed E-state index contributed by atoms with van der Waals surface area (Å²) in [6.45, 7) is 1.96. The molecule has 0 atom stereocenters. The van der Waals surface area contributed by atoms with Crippen LogP contribution in [0.3, 0.4) is 0 Å². The summed E-state index contributed by atoms with van der Waals surface area (Å²) in [6.07, 6.45) is 0. The van der Waals surface area contributed by atoms with E-state index in [1.165, 1.54) is 6.07 Å². The molecule has 1 heterocycles. The van der Waals surface area contributed by atoms with Crippen molar-refractivity contribution in [3.05, 3.63) is 56.0 Å². The number of fused-ring (bicyclic) bond motifs is 1. The van der Waals surface area contributed by atoms with E-state index in [-0.39, 0.29) is 5.82 Å². The molecular formula is C14H9BrClFN2S. The summed E-state index contributed by atoms with van der Waals surface area (Å²) >= 11 is 14.6. The fourth-order valence-corrected chi connectivity index (χ4v) is 2.98. The van der Waals surface area contributed by atoms with E-state index in [0.717, 1.165) is 16.8 Å². The Kier molecular flexibility index (Phi) is 3.44. The zero-order valence-electron chi connectivity index (χ0n) is 10.4. The molecule has 0 aliphatic rings. The number of hydrogen-bond acceptors (Lipinski definition) is 1. The van der Waals surface area contributed by atoms with Crippen LogP contribution >= 0.6 is 39.7 Å². The van der Waals surface area contributed by atoms with Crippen LogP contribution in [0.1, 0.15) is 5.56 Å². The van der Waals surface area contributed by atoms with E-state index in [9.17, 15) is 4.39 Å². The maximum Gasteiger partial charge on any atom is 0.182 e. The van der Waals surface area contributed by atoms with Crippen LogP contribution < -0.4 is 0 Å². The number of benzene rings is 2. The number of H-pyrrole nitrogens is 1. The van der Waals surface area contributed by atoms with Gasteiger partial charge in [-0.1, -0.05) is 17.7 Å². The minimum Gasteiger partial charge on any atom is -0.330 e. The number of rotatable bonds is 1. The molecule has 0 saturated carbocycles. The van der Waals surface area contributed by atoms with Crippen LogP contribution in [0, 0.1) is 17.5 Å². The third kappa shape index (κ3) is 2.20. The topological polar surface area (TPSA) is 20.7 Å². The van der Waals surface area contributed by atoms with Crippen LogP contribution in [0.25, 0.3) is 16.7 Å². The summed E-state index contributed by atoms with van der Waals surface area (Å²) in [7, 11) is 0. The van der Waals surface area contributed by atoms with Crippen LogP contribution in [0.4, 0.5) is 4.39 Å². The Balaban J connectivity index is 2.42. The lowest BCUT2D eigenvalue weighted by Crippen LogP contribution is -1.97. The molecule has 0 aliphatic heterocycles. The molecule has 0 fully saturated rings. The second-order valence-electron chi connectivity index (χ2n) is 4.48. The molecule has 1 aromatic heterocycles. The Bertz CT molecular complexity index is 885. The Labute approximate surface area is 133 Å². The van der Waals surface area contributed by atoms with Crippen molar-refractivity contribution in [2.45, 2.75) is 6.92 Å². The van der Waals surface area contributed by atoms with Gasteiger partial charge in [0.2, 0.25) is 0 Å². The van der Waals surface area contributed by atoms with E-state index in [0.29, 0.717) is 19.8 Å². The molecule has 1 N–H and O–H groups in total. The van der Waals surface area contributed by atoms with Gasteiger partial charge < -0.3 is 4.98 Å². The van der Waals surface area contributed by atoms with Crippen LogP contribution in [-0.2, 0) is 0 Å². The lowest BCUT2D eigenvalue weighted by molar-refractivity contribution is 0.622. The Hall–Kier alpha value is -1.17. The fourth-order valence-electron chi connectivity index (χ4n) is 2.16. The summed E-state index contributed by atoms with van der Waals surface area (Å²) < 4.78 is 16.5. The molecule has 0 spiro atoms. The van der Waals surface area contributed by atoms with Gasteiger partial charge in [0.1, 0.15) is 5.82 Å². The number of nitrogens with one attached hydrogen (secondary N) is 1. The smallest absolute Gasteiger partial charge is 0.182 e. The predicted octanol–water partition coefficient (Wildman–Crippen LogP) is 5.55. The zero-order chi connectivity index (χ0) is 14.4. The first-order valence-electron chi connectivity index (χ1n) is 5.83. The molecule has 2 nitrogen and oxygen atoms in total. The van der Waals surface area contributed by atoms with Crippen molar-refractivity contribution in [1.82, 2.24) is 9.55 Å². The standard InChI is InChI=1S/C14H9BrClFN2S/c1-7-2-3-8(16)4-12(7)19-13-6-10(17)9(15)5-11(13)18-14(19)20/h2-6H,1H3,(H,18,20). The predicted molar refractivity (Wildman–Crippen MR) is 85.9 cm³/mol. The molecule has 0 bridgehead atoms. The van der Waals surface area contributed by atoms with Crippen molar-refractivity contribution in [3.8, 4) is 5.69 Å². The van der Waals surface area contributed by atoms with Crippen LogP contribution in [0.5, 0.6) is 0 Å². The number of aromatic amines is 1. The first kappa shape index (κ1) is 13.8. The highest BCUT2D eigenvalue weighted by Gasteiger charge is 2.12. The molecule has 102 valence electrons. The average Bonchev–Trinajstić information content (AvgIpc) is 2.69. The number of aryl methyl sites for hydroxylation is 1. The van der Waals surface area contributed by atoms with Gasteiger partial charge in [-0.2, -0.15) is 0 Å². The Morgan fingerprint density at radius 1 is 1.30 bits per heavy atom. The van der Waals surface area contributed by atoms with Gasteiger partial charge in [-0.15, -0.1) is 0 Å².